The number of hydrogen-bond acceptors (Lipinski definition) is 7. The molecule has 3 rings (SSSR count). The summed E-state index contributed by atoms with van der Waals surface area (Å²) in [6.07, 6.45) is -0.0499. The molecule has 144 valence electrons. The van der Waals surface area contributed by atoms with Gasteiger partial charge in [0.15, 0.2) is 5.57 Å². The molecule has 1 heterocycles. The Morgan fingerprint density at radius 1 is 1.10 bits per heavy atom. The number of amides is 2. The maximum absolute atomic E-state index is 13.0. The standard InChI is InChI=1S/C21H16N4O3S/c1-28-17-10-6-5-9-16(17)25-19(26)11-18(21(25)27)29-20(14(12-22)13-23)24-15-7-3-2-4-8-15/h2-10,18,24H,11H2,1H3/t18-/m0/s1. The maximum Gasteiger partial charge on any atom is 0.247 e. The van der Waals surface area contributed by atoms with E-state index in [1.165, 1.54) is 7.11 Å². The van der Waals surface area contributed by atoms with Gasteiger partial charge in [0.05, 0.1) is 18.0 Å². The average Bonchev–Trinajstić information content (AvgIpc) is 3.02. The molecule has 1 aliphatic rings. The Morgan fingerprint density at radius 3 is 2.41 bits per heavy atom. The molecule has 7 nitrogen and oxygen atoms in total. The van der Waals surface area contributed by atoms with Crippen molar-refractivity contribution < 1.29 is 14.3 Å². The quantitative estimate of drug-likeness (QED) is 0.581. The number of carbonyl (C=O) groups excluding carboxylic acids is 2. The van der Waals surface area contributed by atoms with Crippen molar-refractivity contribution in [1.29, 1.82) is 10.5 Å². The molecule has 0 aliphatic carbocycles. The second-order valence-corrected chi connectivity index (χ2v) is 7.18. The van der Waals surface area contributed by atoms with Gasteiger partial charge in [-0.05, 0) is 24.3 Å². The van der Waals surface area contributed by atoms with Gasteiger partial charge >= 0.3 is 0 Å². The number of ether oxygens (including phenoxy) is 1. The third kappa shape index (κ3) is 4.23. The summed E-state index contributed by atoms with van der Waals surface area (Å²) in [6, 6.07) is 19.4. The predicted octanol–water partition coefficient (Wildman–Crippen LogP) is 3.43. The monoisotopic (exact) mass is 404 g/mol. The molecule has 0 unspecified atom stereocenters. The van der Waals surface area contributed by atoms with Gasteiger partial charge in [0.1, 0.15) is 22.9 Å². The summed E-state index contributed by atoms with van der Waals surface area (Å²) in [4.78, 5) is 26.7. The van der Waals surface area contributed by atoms with Crippen LogP contribution in [-0.2, 0) is 9.59 Å². The lowest BCUT2D eigenvalue weighted by molar-refractivity contribution is -0.121. The van der Waals surface area contributed by atoms with Gasteiger partial charge in [-0.25, -0.2) is 4.90 Å². The first kappa shape index (κ1) is 20.0. The Morgan fingerprint density at radius 2 is 1.76 bits per heavy atom. The molecule has 0 bridgehead atoms. The molecule has 2 aromatic rings. The van der Waals surface area contributed by atoms with Crippen LogP contribution in [0.5, 0.6) is 5.75 Å². The zero-order valence-electron chi connectivity index (χ0n) is 15.5. The number of carbonyl (C=O) groups is 2. The number of rotatable bonds is 6. The SMILES string of the molecule is COc1ccccc1N1C(=O)C[C@H](SC(Nc2ccccc2)=C(C#N)C#N)C1=O. The predicted molar refractivity (Wildman–Crippen MR) is 110 cm³/mol. The molecule has 1 aliphatic heterocycles. The van der Waals surface area contributed by atoms with E-state index in [9.17, 15) is 20.1 Å². The van der Waals surface area contributed by atoms with Crippen molar-refractivity contribution in [3.8, 4) is 17.9 Å². The highest BCUT2D eigenvalue weighted by molar-refractivity contribution is 8.04. The van der Waals surface area contributed by atoms with Crippen molar-refractivity contribution in [2.45, 2.75) is 11.7 Å². The van der Waals surface area contributed by atoms with E-state index in [1.807, 2.05) is 18.2 Å². The van der Waals surface area contributed by atoms with Gasteiger partial charge in [0, 0.05) is 12.1 Å². The third-order valence-electron chi connectivity index (χ3n) is 4.17. The van der Waals surface area contributed by atoms with Crippen LogP contribution in [0.3, 0.4) is 0 Å². The fraction of sp³-hybridized carbons (Fsp3) is 0.143. The second kappa shape index (κ2) is 8.96. The molecule has 0 aromatic heterocycles. The van der Waals surface area contributed by atoms with Gasteiger partial charge in [0.25, 0.3) is 0 Å². The average molecular weight is 404 g/mol. The summed E-state index contributed by atoms with van der Waals surface area (Å²) < 4.78 is 5.26. The van der Waals surface area contributed by atoms with E-state index in [4.69, 9.17) is 4.74 Å². The topological polar surface area (TPSA) is 106 Å². The summed E-state index contributed by atoms with van der Waals surface area (Å²) in [6.45, 7) is 0. The Hall–Kier alpha value is -3.75. The third-order valence-corrected chi connectivity index (χ3v) is 5.37. The van der Waals surface area contributed by atoms with Crippen molar-refractivity contribution in [3.63, 3.8) is 0 Å². The van der Waals surface area contributed by atoms with Crippen LogP contribution < -0.4 is 15.0 Å². The fourth-order valence-corrected chi connectivity index (χ4v) is 3.94. The van der Waals surface area contributed by atoms with Gasteiger partial charge in [-0.15, -0.1) is 0 Å². The zero-order valence-corrected chi connectivity index (χ0v) is 16.3. The molecule has 0 saturated carbocycles. The number of nitrogens with one attached hydrogen (secondary N) is 1. The number of para-hydroxylation sites is 3. The van der Waals surface area contributed by atoms with Crippen LogP contribution in [0.25, 0.3) is 0 Å². The number of hydrogen-bond donors (Lipinski definition) is 1. The molecule has 0 radical (unpaired) electrons. The van der Waals surface area contributed by atoms with Gasteiger partial charge in [0.2, 0.25) is 11.8 Å². The first-order valence-corrected chi connectivity index (χ1v) is 9.50. The molecule has 1 N–H and O–H groups in total. The summed E-state index contributed by atoms with van der Waals surface area (Å²) in [5.41, 5.74) is 0.877. The number of thioether (sulfide) groups is 1. The van der Waals surface area contributed by atoms with Crippen LogP contribution >= 0.6 is 11.8 Å². The van der Waals surface area contributed by atoms with Gasteiger partial charge in [-0.1, -0.05) is 42.1 Å². The largest absolute Gasteiger partial charge is 0.495 e. The van der Waals surface area contributed by atoms with Crippen LogP contribution in [0.1, 0.15) is 6.42 Å². The van der Waals surface area contributed by atoms with Gasteiger partial charge in [-0.2, -0.15) is 10.5 Å². The van der Waals surface area contributed by atoms with E-state index in [0.717, 1.165) is 16.7 Å². The molecule has 1 atom stereocenters. The van der Waals surface area contributed by atoms with Crippen molar-refractivity contribution in [2.75, 3.05) is 17.3 Å². The first-order chi connectivity index (χ1) is 14.1. The lowest BCUT2D eigenvalue weighted by atomic mass is 10.2. The van der Waals surface area contributed by atoms with E-state index in [0.29, 0.717) is 17.1 Å². The normalized spacial score (nSPS) is 15.4. The van der Waals surface area contributed by atoms with Crippen LogP contribution in [0.4, 0.5) is 11.4 Å². The van der Waals surface area contributed by atoms with E-state index < -0.39 is 11.2 Å². The summed E-state index contributed by atoms with van der Waals surface area (Å²) >= 11 is 0.999. The van der Waals surface area contributed by atoms with Crippen molar-refractivity contribution >= 4 is 35.0 Å². The minimum Gasteiger partial charge on any atom is -0.495 e. The van der Waals surface area contributed by atoms with Gasteiger partial charge < -0.3 is 10.1 Å². The number of benzene rings is 2. The molecule has 1 saturated heterocycles. The Kier molecular flexibility index (Phi) is 6.18. The Bertz CT molecular complexity index is 1040. The summed E-state index contributed by atoms with van der Waals surface area (Å²) in [5.74, 6) is -0.383. The minimum atomic E-state index is -0.768. The van der Waals surface area contributed by atoms with Crippen LogP contribution in [0.2, 0.25) is 0 Å². The first-order valence-electron chi connectivity index (χ1n) is 8.62. The Labute approximate surface area is 172 Å². The number of nitriles is 2. The number of nitrogens with zero attached hydrogens (tertiary/aromatic N) is 3. The number of allylic oxidation sites excluding steroid dienone is 1. The molecular formula is C21H16N4O3S. The second-order valence-electron chi connectivity index (χ2n) is 5.97. The summed E-state index contributed by atoms with van der Waals surface area (Å²) in [7, 11) is 1.47. The molecule has 1 fully saturated rings. The summed E-state index contributed by atoms with van der Waals surface area (Å²) in [5, 5.41) is 21.1. The van der Waals surface area contributed by atoms with E-state index >= 15 is 0 Å². The molecule has 2 aromatic carbocycles. The van der Waals surface area contributed by atoms with Crippen molar-refractivity contribution in [3.05, 3.63) is 65.2 Å². The number of methoxy groups -OCH3 is 1. The number of anilines is 2. The van der Waals surface area contributed by atoms with Crippen molar-refractivity contribution in [2.24, 2.45) is 0 Å². The molecule has 29 heavy (non-hydrogen) atoms. The van der Waals surface area contributed by atoms with E-state index in [1.54, 1.807) is 48.5 Å². The van der Waals surface area contributed by atoms with Crippen LogP contribution in [-0.4, -0.2) is 24.2 Å². The lowest BCUT2D eigenvalue weighted by Crippen LogP contribution is -2.31. The molecule has 0 spiro atoms. The molecular weight excluding hydrogens is 388 g/mol. The molecule has 8 heteroatoms. The number of imide groups is 1. The van der Waals surface area contributed by atoms with E-state index in [2.05, 4.69) is 5.32 Å². The Balaban J connectivity index is 1.89. The highest BCUT2D eigenvalue weighted by atomic mass is 32.2. The highest BCUT2D eigenvalue weighted by Gasteiger charge is 2.42. The zero-order chi connectivity index (χ0) is 20.8. The van der Waals surface area contributed by atoms with Crippen LogP contribution in [0.15, 0.2) is 65.2 Å². The van der Waals surface area contributed by atoms with Crippen molar-refractivity contribution in [1.82, 2.24) is 0 Å². The fourth-order valence-electron chi connectivity index (χ4n) is 2.84. The van der Waals surface area contributed by atoms with Crippen LogP contribution in [0, 0.1) is 22.7 Å². The van der Waals surface area contributed by atoms with Gasteiger partial charge in [-0.3, -0.25) is 9.59 Å². The maximum atomic E-state index is 13.0. The van der Waals surface area contributed by atoms with E-state index in [-0.39, 0.29) is 22.9 Å². The highest BCUT2D eigenvalue weighted by Crippen LogP contribution is 2.38. The smallest absolute Gasteiger partial charge is 0.247 e. The minimum absolute atomic E-state index is 0.0499. The molecule has 2 amide bonds. The lowest BCUT2D eigenvalue weighted by Gasteiger charge is -2.18.